The van der Waals surface area contributed by atoms with Gasteiger partial charge in [0.1, 0.15) is 6.07 Å². The molecule has 0 fully saturated rings. The summed E-state index contributed by atoms with van der Waals surface area (Å²) in [6, 6.07) is 3.47. The molecule has 0 saturated carbocycles. The van der Waals surface area contributed by atoms with Crippen LogP contribution in [0.4, 0.5) is 0 Å². The van der Waals surface area contributed by atoms with Crippen LogP contribution in [0, 0.1) is 11.3 Å². The Morgan fingerprint density at radius 1 is 1.20 bits per heavy atom. The van der Waals surface area contributed by atoms with Crippen LogP contribution in [0.15, 0.2) is 18.5 Å². The Morgan fingerprint density at radius 2 is 1.70 bits per heavy atom. The Hall–Kier alpha value is -0.850. The van der Waals surface area contributed by atoms with E-state index in [4.69, 9.17) is 5.26 Å². The number of hydrogen-bond donors (Lipinski definition) is 0. The number of aromatic nitrogens is 2. The summed E-state index contributed by atoms with van der Waals surface area (Å²) < 4.78 is 0. The van der Waals surface area contributed by atoms with E-state index in [1.165, 1.54) is 12.4 Å². The lowest BCUT2D eigenvalue weighted by Crippen LogP contribution is -1.82. The minimum Gasteiger partial charge on any atom is -0.228 e. The Balaban J connectivity index is 0. The van der Waals surface area contributed by atoms with Crippen LogP contribution in [0.1, 0.15) is 5.82 Å². The first-order valence-electron chi connectivity index (χ1n) is 2.10. The van der Waals surface area contributed by atoms with Crippen LogP contribution in [0.25, 0.3) is 0 Å². The quantitative estimate of drug-likeness (QED) is 0.599. The van der Waals surface area contributed by atoms with Crippen molar-refractivity contribution in [1.29, 1.82) is 5.26 Å². The zero-order chi connectivity index (χ0) is 5.82. The summed E-state index contributed by atoms with van der Waals surface area (Å²) in [6.45, 7) is 0. The molecule has 0 aliphatic rings. The van der Waals surface area contributed by atoms with E-state index in [0.717, 1.165) is 0 Å². The topological polar surface area (TPSA) is 49.6 Å². The molecular formula is C5H5Cl2N3. The standard InChI is InChI=1S/C5H3N3.2ClH/c6-4-5-7-2-1-3-8-5;;/h1-3H;2*1H. The molecule has 0 saturated heterocycles. The van der Waals surface area contributed by atoms with E-state index in [0.29, 0.717) is 0 Å². The zero-order valence-electron chi connectivity index (χ0n) is 4.89. The summed E-state index contributed by atoms with van der Waals surface area (Å²) in [7, 11) is 0. The van der Waals surface area contributed by atoms with Gasteiger partial charge in [0.05, 0.1) is 0 Å². The summed E-state index contributed by atoms with van der Waals surface area (Å²) in [5.41, 5.74) is 0. The van der Waals surface area contributed by atoms with Gasteiger partial charge in [-0.1, -0.05) is 0 Å². The molecular weight excluding hydrogens is 173 g/mol. The Morgan fingerprint density at radius 3 is 2.00 bits per heavy atom. The Kier molecular flexibility index (Phi) is 7.46. The van der Waals surface area contributed by atoms with Gasteiger partial charge in [0, 0.05) is 12.4 Å². The van der Waals surface area contributed by atoms with E-state index < -0.39 is 0 Å². The zero-order valence-corrected chi connectivity index (χ0v) is 6.52. The first-order chi connectivity index (χ1) is 3.93. The molecule has 0 aliphatic carbocycles. The van der Waals surface area contributed by atoms with Gasteiger partial charge in [0.15, 0.2) is 0 Å². The van der Waals surface area contributed by atoms with Gasteiger partial charge in [-0.2, -0.15) is 5.26 Å². The molecule has 1 heterocycles. The van der Waals surface area contributed by atoms with E-state index >= 15 is 0 Å². The molecule has 1 aromatic rings. The molecule has 3 nitrogen and oxygen atoms in total. The van der Waals surface area contributed by atoms with E-state index in [1.54, 1.807) is 12.1 Å². The molecule has 0 aliphatic heterocycles. The summed E-state index contributed by atoms with van der Waals surface area (Å²) in [4.78, 5) is 7.25. The molecule has 54 valence electrons. The van der Waals surface area contributed by atoms with Crippen LogP contribution in [0.3, 0.4) is 0 Å². The fourth-order valence-corrected chi connectivity index (χ4v) is 0.357. The number of rotatable bonds is 0. The highest BCUT2D eigenvalue weighted by Crippen LogP contribution is 1.79. The van der Waals surface area contributed by atoms with E-state index in [-0.39, 0.29) is 30.6 Å². The molecule has 5 heteroatoms. The Labute approximate surface area is 70.9 Å². The van der Waals surface area contributed by atoms with Gasteiger partial charge in [0.25, 0.3) is 0 Å². The summed E-state index contributed by atoms with van der Waals surface area (Å²) in [6.07, 6.45) is 3.07. The summed E-state index contributed by atoms with van der Waals surface area (Å²) >= 11 is 0. The molecule has 0 aromatic carbocycles. The van der Waals surface area contributed by atoms with Crippen LogP contribution in [0.2, 0.25) is 0 Å². The second kappa shape index (κ2) is 6.27. The number of hydrogen-bond acceptors (Lipinski definition) is 3. The molecule has 0 amide bonds. The third-order valence-electron chi connectivity index (χ3n) is 0.666. The highest BCUT2D eigenvalue weighted by molar-refractivity contribution is 5.85. The van der Waals surface area contributed by atoms with Crippen molar-refractivity contribution < 1.29 is 0 Å². The molecule has 0 radical (unpaired) electrons. The third-order valence-corrected chi connectivity index (χ3v) is 0.666. The molecule has 1 aromatic heterocycles. The lowest BCUT2D eigenvalue weighted by molar-refractivity contribution is 1.11. The monoisotopic (exact) mass is 177 g/mol. The third kappa shape index (κ3) is 3.23. The lowest BCUT2D eigenvalue weighted by Gasteiger charge is -1.78. The summed E-state index contributed by atoms with van der Waals surface area (Å²) in [5.74, 6) is 0.215. The molecule has 0 unspecified atom stereocenters. The van der Waals surface area contributed by atoms with Crippen molar-refractivity contribution in [3.05, 3.63) is 24.3 Å². The predicted octanol–water partition coefficient (Wildman–Crippen LogP) is 1.19. The van der Waals surface area contributed by atoms with E-state index in [2.05, 4.69) is 9.97 Å². The van der Waals surface area contributed by atoms with Crippen molar-refractivity contribution >= 4 is 24.8 Å². The van der Waals surface area contributed by atoms with Gasteiger partial charge < -0.3 is 0 Å². The SMILES string of the molecule is Cl.Cl.N#Cc1ncccn1. The highest BCUT2D eigenvalue weighted by atomic mass is 35.5. The predicted molar refractivity (Wildman–Crippen MR) is 41.2 cm³/mol. The lowest BCUT2D eigenvalue weighted by atomic mass is 10.6. The molecule has 10 heavy (non-hydrogen) atoms. The van der Waals surface area contributed by atoms with Crippen LogP contribution < -0.4 is 0 Å². The largest absolute Gasteiger partial charge is 0.232 e. The normalized spacial score (nSPS) is 6.30. The van der Waals surface area contributed by atoms with Gasteiger partial charge in [-0.15, -0.1) is 24.8 Å². The smallest absolute Gasteiger partial charge is 0.228 e. The molecule has 0 atom stereocenters. The first-order valence-corrected chi connectivity index (χ1v) is 2.10. The van der Waals surface area contributed by atoms with Gasteiger partial charge in [-0.25, -0.2) is 9.97 Å². The van der Waals surface area contributed by atoms with E-state index in [9.17, 15) is 0 Å². The maximum atomic E-state index is 8.16. The van der Waals surface area contributed by atoms with Crippen molar-refractivity contribution in [2.24, 2.45) is 0 Å². The highest BCUT2D eigenvalue weighted by Gasteiger charge is 1.83. The summed E-state index contributed by atoms with van der Waals surface area (Å²) in [5, 5.41) is 8.16. The van der Waals surface area contributed by atoms with Crippen molar-refractivity contribution in [2.75, 3.05) is 0 Å². The van der Waals surface area contributed by atoms with Gasteiger partial charge >= 0.3 is 0 Å². The first kappa shape index (κ1) is 11.9. The molecule has 1 rings (SSSR count). The van der Waals surface area contributed by atoms with Gasteiger partial charge in [-0.3, -0.25) is 0 Å². The van der Waals surface area contributed by atoms with E-state index in [1.807, 2.05) is 0 Å². The van der Waals surface area contributed by atoms with Crippen molar-refractivity contribution in [1.82, 2.24) is 9.97 Å². The number of nitrogens with zero attached hydrogens (tertiary/aromatic N) is 3. The molecule has 0 bridgehead atoms. The minimum absolute atomic E-state index is 0. The maximum absolute atomic E-state index is 8.16. The fraction of sp³-hybridized carbons (Fsp3) is 0. The van der Waals surface area contributed by atoms with Crippen molar-refractivity contribution in [2.45, 2.75) is 0 Å². The number of nitriles is 1. The second-order valence-electron chi connectivity index (χ2n) is 1.18. The Bertz CT molecular complexity index is 206. The van der Waals surface area contributed by atoms with Crippen LogP contribution in [-0.4, -0.2) is 9.97 Å². The van der Waals surface area contributed by atoms with Crippen LogP contribution >= 0.6 is 24.8 Å². The van der Waals surface area contributed by atoms with Gasteiger partial charge in [-0.05, 0) is 6.07 Å². The van der Waals surface area contributed by atoms with Gasteiger partial charge in [0.2, 0.25) is 5.82 Å². The van der Waals surface area contributed by atoms with Crippen molar-refractivity contribution in [3.63, 3.8) is 0 Å². The minimum atomic E-state index is 0. The van der Waals surface area contributed by atoms with Crippen LogP contribution in [0.5, 0.6) is 0 Å². The fourth-order valence-electron chi connectivity index (χ4n) is 0.357. The van der Waals surface area contributed by atoms with Crippen LogP contribution in [-0.2, 0) is 0 Å². The average molecular weight is 178 g/mol. The molecule has 0 spiro atoms. The molecule has 0 N–H and O–H groups in total. The van der Waals surface area contributed by atoms with Crippen molar-refractivity contribution in [3.8, 4) is 6.07 Å². The number of halogens is 2. The second-order valence-corrected chi connectivity index (χ2v) is 1.18. The average Bonchev–Trinajstić information content (AvgIpc) is 1.90. The maximum Gasteiger partial charge on any atom is 0.232 e.